The minimum atomic E-state index is -0.396. The summed E-state index contributed by atoms with van der Waals surface area (Å²) in [6, 6.07) is 9.01. The fraction of sp³-hybridized carbons (Fsp3) is 0.476. The van der Waals surface area contributed by atoms with E-state index in [9.17, 15) is 9.59 Å². The number of aryl methyl sites for hydroxylation is 2. The van der Waals surface area contributed by atoms with Crippen molar-refractivity contribution in [2.45, 2.75) is 46.3 Å². The van der Waals surface area contributed by atoms with E-state index in [-0.39, 0.29) is 17.7 Å². The Morgan fingerprint density at radius 1 is 1.32 bits per heavy atom. The van der Waals surface area contributed by atoms with Crippen LogP contribution < -0.4 is 10.6 Å². The molecule has 1 aromatic carbocycles. The van der Waals surface area contributed by atoms with E-state index in [1.165, 1.54) is 0 Å². The van der Waals surface area contributed by atoms with E-state index in [1.807, 2.05) is 24.6 Å². The van der Waals surface area contributed by atoms with Gasteiger partial charge in [-0.3, -0.25) is 14.3 Å². The van der Waals surface area contributed by atoms with Crippen molar-refractivity contribution in [1.82, 2.24) is 15.1 Å². The van der Waals surface area contributed by atoms with Gasteiger partial charge in [0.25, 0.3) is 11.8 Å². The number of anilines is 1. The number of aromatic nitrogens is 2. The summed E-state index contributed by atoms with van der Waals surface area (Å²) in [5.74, 6) is -0.0775. The zero-order valence-electron chi connectivity index (χ0n) is 16.7. The number of nitrogens with one attached hydrogen (secondary N) is 2. The average molecular weight is 384 g/mol. The molecule has 7 heteroatoms. The summed E-state index contributed by atoms with van der Waals surface area (Å²) in [4.78, 5) is 24.7. The molecular formula is C21H28N4O3. The van der Waals surface area contributed by atoms with E-state index in [2.05, 4.69) is 22.7 Å². The first-order chi connectivity index (χ1) is 13.4. The highest BCUT2D eigenvalue weighted by atomic mass is 16.5. The molecule has 0 bridgehead atoms. The summed E-state index contributed by atoms with van der Waals surface area (Å²) in [5.41, 5.74) is 3.23. The summed E-state index contributed by atoms with van der Waals surface area (Å²) in [5, 5.41) is 10.3. The summed E-state index contributed by atoms with van der Waals surface area (Å²) in [6.07, 6.45) is 1.24. The van der Waals surface area contributed by atoms with Crippen LogP contribution in [-0.2, 0) is 16.1 Å². The largest absolute Gasteiger partial charge is 0.368 e. The smallest absolute Gasteiger partial charge is 0.253 e. The van der Waals surface area contributed by atoms with Crippen molar-refractivity contribution in [1.29, 1.82) is 0 Å². The standard InChI is InChI=1S/C21H28N4O3/c1-14(13-25-16(3)10-15(2)24-25)12-22-20(26)17-6-4-7-18(11-17)23-21(27)19-8-5-9-28-19/h4,6-7,10-11,14,19H,5,8-9,12-13H2,1-3H3,(H,22,26)(H,23,27)/t14-,19+/m0/s1. The van der Waals surface area contributed by atoms with Crippen LogP contribution in [0.2, 0.25) is 0 Å². The monoisotopic (exact) mass is 384 g/mol. The van der Waals surface area contributed by atoms with Crippen LogP contribution in [0.25, 0.3) is 0 Å². The molecule has 2 heterocycles. The van der Waals surface area contributed by atoms with Gasteiger partial charge in [-0.25, -0.2) is 0 Å². The van der Waals surface area contributed by atoms with Crippen LogP contribution in [0.4, 0.5) is 5.69 Å². The first kappa shape index (κ1) is 20.1. The lowest BCUT2D eigenvalue weighted by Crippen LogP contribution is -2.30. The highest BCUT2D eigenvalue weighted by Crippen LogP contribution is 2.16. The van der Waals surface area contributed by atoms with E-state index in [4.69, 9.17) is 4.74 Å². The molecule has 3 rings (SSSR count). The van der Waals surface area contributed by atoms with Gasteiger partial charge in [0.15, 0.2) is 0 Å². The van der Waals surface area contributed by atoms with Crippen molar-refractivity contribution in [3.8, 4) is 0 Å². The van der Waals surface area contributed by atoms with Gasteiger partial charge in [-0.1, -0.05) is 13.0 Å². The molecule has 0 saturated carbocycles. The quantitative estimate of drug-likeness (QED) is 0.769. The van der Waals surface area contributed by atoms with Crippen molar-refractivity contribution in [2.75, 3.05) is 18.5 Å². The Hall–Kier alpha value is -2.67. The molecule has 2 aromatic rings. The molecule has 1 aromatic heterocycles. The van der Waals surface area contributed by atoms with Crippen molar-refractivity contribution >= 4 is 17.5 Å². The predicted molar refractivity (Wildman–Crippen MR) is 107 cm³/mol. The maximum Gasteiger partial charge on any atom is 0.253 e. The first-order valence-electron chi connectivity index (χ1n) is 9.74. The van der Waals surface area contributed by atoms with Gasteiger partial charge >= 0.3 is 0 Å². The number of carbonyl (C=O) groups is 2. The summed E-state index contributed by atoms with van der Waals surface area (Å²) in [6.45, 7) is 7.99. The molecule has 0 radical (unpaired) electrons. The molecule has 7 nitrogen and oxygen atoms in total. The van der Waals surface area contributed by atoms with Crippen LogP contribution in [0.1, 0.15) is 41.5 Å². The van der Waals surface area contributed by atoms with Gasteiger partial charge in [-0.05, 0) is 56.9 Å². The number of carbonyl (C=O) groups excluding carboxylic acids is 2. The van der Waals surface area contributed by atoms with Gasteiger partial charge < -0.3 is 15.4 Å². The third-order valence-corrected chi connectivity index (χ3v) is 4.81. The Morgan fingerprint density at radius 3 is 2.82 bits per heavy atom. The summed E-state index contributed by atoms with van der Waals surface area (Å²) >= 11 is 0. The van der Waals surface area contributed by atoms with Crippen molar-refractivity contribution in [3.05, 3.63) is 47.3 Å². The molecule has 2 amide bonds. The molecule has 1 fully saturated rings. The van der Waals surface area contributed by atoms with Crippen molar-refractivity contribution in [3.63, 3.8) is 0 Å². The maximum absolute atomic E-state index is 12.5. The van der Waals surface area contributed by atoms with Crippen molar-refractivity contribution in [2.24, 2.45) is 5.92 Å². The molecule has 0 spiro atoms. The molecule has 150 valence electrons. The van der Waals surface area contributed by atoms with E-state index in [0.29, 0.717) is 24.4 Å². The maximum atomic E-state index is 12.5. The zero-order chi connectivity index (χ0) is 20.1. The number of ether oxygens (including phenoxy) is 1. The second kappa shape index (κ2) is 9.01. The van der Waals surface area contributed by atoms with Gasteiger partial charge in [0, 0.05) is 36.6 Å². The number of hydrogen-bond donors (Lipinski definition) is 2. The molecule has 1 aliphatic rings. The molecule has 0 unspecified atom stereocenters. The number of hydrogen-bond acceptors (Lipinski definition) is 4. The molecule has 1 aliphatic heterocycles. The van der Waals surface area contributed by atoms with Crippen LogP contribution in [0.5, 0.6) is 0 Å². The highest BCUT2D eigenvalue weighted by Gasteiger charge is 2.23. The Bertz CT molecular complexity index is 840. The average Bonchev–Trinajstić information content (AvgIpc) is 3.30. The molecular weight excluding hydrogens is 356 g/mol. The third-order valence-electron chi connectivity index (χ3n) is 4.81. The van der Waals surface area contributed by atoms with Crippen LogP contribution in [0, 0.1) is 19.8 Å². The summed E-state index contributed by atoms with van der Waals surface area (Å²) in [7, 11) is 0. The summed E-state index contributed by atoms with van der Waals surface area (Å²) < 4.78 is 7.36. The van der Waals surface area contributed by atoms with E-state index < -0.39 is 6.10 Å². The molecule has 28 heavy (non-hydrogen) atoms. The van der Waals surface area contributed by atoms with E-state index in [1.54, 1.807) is 24.3 Å². The number of benzene rings is 1. The highest BCUT2D eigenvalue weighted by molar-refractivity contribution is 5.98. The van der Waals surface area contributed by atoms with Crippen LogP contribution in [0.15, 0.2) is 30.3 Å². The zero-order valence-corrected chi connectivity index (χ0v) is 16.7. The Labute approximate surface area is 165 Å². The van der Waals surface area contributed by atoms with Gasteiger partial charge in [0.2, 0.25) is 0 Å². The fourth-order valence-corrected chi connectivity index (χ4v) is 3.33. The second-order valence-corrected chi connectivity index (χ2v) is 7.50. The Balaban J connectivity index is 1.52. The van der Waals surface area contributed by atoms with Crippen molar-refractivity contribution < 1.29 is 14.3 Å². The number of amides is 2. The lowest BCUT2D eigenvalue weighted by molar-refractivity contribution is -0.124. The third kappa shape index (κ3) is 5.19. The minimum Gasteiger partial charge on any atom is -0.368 e. The molecule has 0 aliphatic carbocycles. The van der Waals surface area contributed by atoms with Gasteiger partial charge in [-0.2, -0.15) is 5.10 Å². The fourth-order valence-electron chi connectivity index (χ4n) is 3.33. The first-order valence-corrected chi connectivity index (χ1v) is 9.74. The van der Waals surface area contributed by atoms with Gasteiger partial charge in [0.1, 0.15) is 6.10 Å². The minimum absolute atomic E-state index is 0.159. The Morgan fingerprint density at radius 2 is 2.14 bits per heavy atom. The second-order valence-electron chi connectivity index (χ2n) is 7.50. The topological polar surface area (TPSA) is 85.2 Å². The normalized spacial score (nSPS) is 17.3. The molecule has 2 N–H and O–H groups in total. The number of rotatable bonds is 7. The number of nitrogens with zero attached hydrogens (tertiary/aromatic N) is 2. The van der Waals surface area contributed by atoms with Crippen LogP contribution in [-0.4, -0.2) is 40.9 Å². The van der Waals surface area contributed by atoms with E-state index >= 15 is 0 Å². The lowest BCUT2D eigenvalue weighted by Gasteiger charge is -2.15. The van der Waals surface area contributed by atoms with Crippen LogP contribution >= 0.6 is 0 Å². The lowest BCUT2D eigenvalue weighted by atomic mass is 10.1. The van der Waals surface area contributed by atoms with Crippen LogP contribution in [0.3, 0.4) is 0 Å². The Kier molecular flexibility index (Phi) is 6.46. The SMILES string of the molecule is Cc1cc(C)n(C[C@@H](C)CNC(=O)c2cccc(NC(=O)[C@H]3CCCO3)c2)n1. The van der Waals surface area contributed by atoms with Gasteiger partial charge in [0.05, 0.1) is 5.69 Å². The van der Waals surface area contributed by atoms with E-state index in [0.717, 1.165) is 30.8 Å². The van der Waals surface area contributed by atoms with Gasteiger partial charge in [-0.15, -0.1) is 0 Å². The molecule has 2 atom stereocenters. The molecule has 1 saturated heterocycles. The predicted octanol–water partition coefficient (Wildman–Crippen LogP) is 2.68.